The summed E-state index contributed by atoms with van der Waals surface area (Å²) in [5.74, 6) is -0.604. The van der Waals surface area contributed by atoms with Gasteiger partial charge in [-0.3, -0.25) is 4.21 Å². The molecule has 3 N–H and O–H groups in total. The zero-order chi connectivity index (χ0) is 14.3. The minimum absolute atomic E-state index is 0.0114. The quantitative estimate of drug-likeness (QED) is 0.671. The summed E-state index contributed by atoms with van der Waals surface area (Å²) >= 11 is 0. The van der Waals surface area contributed by atoms with E-state index in [1.165, 1.54) is 0 Å². The number of rotatable bonds is 6. The standard InChI is InChI=1S/C12H22N2O4S/c1-19(18)8-7-13-12(17)14-10(11(15)16)9-5-3-2-4-6-9/h9-10H,2-8H2,1H3,(H,15,16)(H2,13,14,17). The van der Waals surface area contributed by atoms with Gasteiger partial charge in [0.25, 0.3) is 0 Å². The predicted octanol–water partition coefficient (Wildman–Crippen LogP) is 0.698. The van der Waals surface area contributed by atoms with Crippen molar-refractivity contribution in [1.82, 2.24) is 10.6 Å². The lowest BCUT2D eigenvalue weighted by molar-refractivity contribution is -0.141. The summed E-state index contributed by atoms with van der Waals surface area (Å²) in [6.45, 7) is 0.284. The molecule has 2 atom stereocenters. The van der Waals surface area contributed by atoms with Gasteiger partial charge < -0.3 is 15.7 Å². The van der Waals surface area contributed by atoms with Crippen LogP contribution in [-0.2, 0) is 15.6 Å². The molecule has 0 heterocycles. The molecule has 2 amide bonds. The molecule has 0 aromatic carbocycles. The van der Waals surface area contributed by atoms with Crippen LogP contribution in [0.25, 0.3) is 0 Å². The molecule has 110 valence electrons. The van der Waals surface area contributed by atoms with Crippen molar-refractivity contribution < 1.29 is 18.9 Å². The maximum atomic E-state index is 11.6. The van der Waals surface area contributed by atoms with E-state index in [9.17, 15) is 18.9 Å². The molecule has 0 spiro atoms. The molecule has 19 heavy (non-hydrogen) atoms. The third-order valence-corrected chi connectivity index (χ3v) is 4.13. The van der Waals surface area contributed by atoms with Gasteiger partial charge in [-0.2, -0.15) is 0 Å². The summed E-state index contributed by atoms with van der Waals surface area (Å²) in [7, 11) is -0.967. The van der Waals surface area contributed by atoms with Crippen LogP contribution in [0.15, 0.2) is 0 Å². The second-order valence-electron chi connectivity index (χ2n) is 4.89. The summed E-state index contributed by atoms with van der Waals surface area (Å²) in [6.07, 6.45) is 6.42. The fraction of sp³-hybridized carbons (Fsp3) is 0.833. The zero-order valence-corrected chi connectivity index (χ0v) is 12.0. The van der Waals surface area contributed by atoms with Gasteiger partial charge in [-0.1, -0.05) is 19.3 Å². The van der Waals surface area contributed by atoms with Crippen LogP contribution in [0.3, 0.4) is 0 Å². The van der Waals surface area contributed by atoms with Gasteiger partial charge in [0.15, 0.2) is 0 Å². The number of hydrogen-bond donors (Lipinski definition) is 3. The van der Waals surface area contributed by atoms with Crippen LogP contribution in [0.4, 0.5) is 4.79 Å². The topological polar surface area (TPSA) is 95.5 Å². The first-order valence-corrected chi connectivity index (χ1v) is 8.30. The van der Waals surface area contributed by atoms with Crippen molar-refractivity contribution in [2.45, 2.75) is 38.1 Å². The van der Waals surface area contributed by atoms with Gasteiger partial charge in [-0.05, 0) is 18.8 Å². The van der Waals surface area contributed by atoms with Crippen LogP contribution >= 0.6 is 0 Å². The van der Waals surface area contributed by atoms with Crippen LogP contribution in [0.2, 0.25) is 0 Å². The number of carbonyl (C=O) groups excluding carboxylic acids is 1. The Bertz CT molecular complexity index is 343. The lowest BCUT2D eigenvalue weighted by Gasteiger charge is -2.28. The lowest BCUT2D eigenvalue weighted by Crippen LogP contribution is -2.50. The van der Waals surface area contributed by atoms with Gasteiger partial charge in [0.05, 0.1) is 0 Å². The van der Waals surface area contributed by atoms with Gasteiger partial charge in [0, 0.05) is 29.4 Å². The maximum absolute atomic E-state index is 11.6. The third-order valence-electron chi connectivity index (χ3n) is 3.35. The Hall–Kier alpha value is -1.11. The fourth-order valence-electron chi connectivity index (χ4n) is 2.35. The molecule has 0 aliphatic heterocycles. The molecule has 1 aliphatic carbocycles. The third kappa shape index (κ3) is 6.04. The molecule has 0 saturated heterocycles. The van der Waals surface area contributed by atoms with Crippen molar-refractivity contribution in [2.75, 3.05) is 18.6 Å². The fourth-order valence-corrected chi connectivity index (χ4v) is 2.74. The SMILES string of the molecule is CS(=O)CCNC(=O)NC(C(=O)O)C1CCCCC1. The first kappa shape index (κ1) is 15.9. The van der Waals surface area contributed by atoms with Crippen LogP contribution in [0, 0.1) is 5.92 Å². The second kappa shape index (κ2) is 8.14. The van der Waals surface area contributed by atoms with E-state index in [1.54, 1.807) is 6.26 Å². The van der Waals surface area contributed by atoms with E-state index in [-0.39, 0.29) is 12.5 Å². The van der Waals surface area contributed by atoms with E-state index >= 15 is 0 Å². The molecule has 1 saturated carbocycles. The van der Waals surface area contributed by atoms with Crippen molar-refractivity contribution in [3.63, 3.8) is 0 Å². The minimum Gasteiger partial charge on any atom is -0.480 e. The number of hydrogen-bond acceptors (Lipinski definition) is 3. The number of nitrogens with one attached hydrogen (secondary N) is 2. The monoisotopic (exact) mass is 290 g/mol. The molecule has 2 unspecified atom stereocenters. The summed E-state index contributed by atoms with van der Waals surface area (Å²) in [5, 5.41) is 14.2. The normalized spacial score (nSPS) is 19.4. The number of carboxylic acids is 1. The Kier molecular flexibility index (Phi) is 6.83. The lowest BCUT2D eigenvalue weighted by atomic mass is 9.84. The highest BCUT2D eigenvalue weighted by molar-refractivity contribution is 7.84. The van der Waals surface area contributed by atoms with Gasteiger partial charge >= 0.3 is 12.0 Å². The van der Waals surface area contributed by atoms with E-state index < -0.39 is 28.8 Å². The average molecular weight is 290 g/mol. The first-order chi connectivity index (χ1) is 9.00. The largest absolute Gasteiger partial charge is 0.480 e. The zero-order valence-electron chi connectivity index (χ0n) is 11.2. The summed E-state index contributed by atoms with van der Waals surface area (Å²) < 4.78 is 10.8. The summed E-state index contributed by atoms with van der Waals surface area (Å²) in [6, 6.07) is -1.32. The van der Waals surface area contributed by atoms with E-state index in [2.05, 4.69) is 10.6 Å². The van der Waals surface area contributed by atoms with Crippen molar-refractivity contribution in [3.8, 4) is 0 Å². The highest BCUT2D eigenvalue weighted by Crippen LogP contribution is 2.26. The molecule has 0 radical (unpaired) electrons. The number of carbonyl (C=O) groups is 2. The molecule has 0 bridgehead atoms. The Morgan fingerprint density at radius 3 is 2.47 bits per heavy atom. The Morgan fingerprint density at radius 1 is 1.32 bits per heavy atom. The van der Waals surface area contributed by atoms with Crippen LogP contribution in [-0.4, -0.2) is 45.9 Å². The molecule has 0 aromatic rings. The Labute approximate surface area is 115 Å². The van der Waals surface area contributed by atoms with Gasteiger partial charge in [-0.25, -0.2) is 9.59 Å². The first-order valence-electron chi connectivity index (χ1n) is 6.58. The van der Waals surface area contributed by atoms with Crippen LogP contribution in [0.1, 0.15) is 32.1 Å². The number of aliphatic carboxylic acids is 1. The highest BCUT2D eigenvalue weighted by atomic mass is 32.2. The Balaban J connectivity index is 2.41. The molecular weight excluding hydrogens is 268 g/mol. The van der Waals surface area contributed by atoms with Crippen molar-refractivity contribution in [2.24, 2.45) is 5.92 Å². The number of urea groups is 1. The van der Waals surface area contributed by atoms with Crippen molar-refractivity contribution in [3.05, 3.63) is 0 Å². The van der Waals surface area contributed by atoms with E-state index in [4.69, 9.17) is 0 Å². The number of amides is 2. The summed E-state index contributed by atoms with van der Waals surface area (Å²) in [4.78, 5) is 22.8. The van der Waals surface area contributed by atoms with Gasteiger partial charge in [0.2, 0.25) is 0 Å². The van der Waals surface area contributed by atoms with Crippen molar-refractivity contribution >= 4 is 22.8 Å². The minimum atomic E-state index is -0.985. The maximum Gasteiger partial charge on any atom is 0.326 e. The molecule has 0 aromatic heterocycles. The van der Waals surface area contributed by atoms with E-state index in [1.807, 2.05) is 0 Å². The molecular formula is C12H22N2O4S. The average Bonchev–Trinajstić information content (AvgIpc) is 2.36. The molecule has 1 rings (SSSR count). The van der Waals surface area contributed by atoms with Crippen molar-refractivity contribution in [1.29, 1.82) is 0 Å². The smallest absolute Gasteiger partial charge is 0.326 e. The van der Waals surface area contributed by atoms with E-state index in [0.29, 0.717) is 5.75 Å². The van der Waals surface area contributed by atoms with Crippen LogP contribution in [0.5, 0.6) is 0 Å². The van der Waals surface area contributed by atoms with Gasteiger partial charge in [0.1, 0.15) is 6.04 Å². The number of carboxylic acid groups (broad SMARTS) is 1. The van der Waals surface area contributed by atoms with Gasteiger partial charge in [-0.15, -0.1) is 0 Å². The van der Waals surface area contributed by atoms with Crippen LogP contribution < -0.4 is 10.6 Å². The molecule has 1 fully saturated rings. The second-order valence-corrected chi connectivity index (χ2v) is 6.45. The molecule has 7 heteroatoms. The summed E-state index contributed by atoms with van der Waals surface area (Å²) in [5.41, 5.74) is 0. The molecule has 6 nitrogen and oxygen atoms in total. The van der Waals surface area contributed by atoms with E-state index in [0.717, 1.165) is 32.1 Å². The highest BCUT2D eigenvalue weighted by Gasteiger charge is 2.30. The Morgan fingerprint density at radius 2 is 1.95 bits per heavy atom. The molecule has 1 aliphatic rings. The predicted molar refractivity (Wildman–Crippen MR) is 73.5 cm³/mol.